The summed E-state index contributed by atoms with van der Waals surface area (Å²) in [5.74, 6) is 3.74. The zero-order valence-electron chi connectivity index (χ0n) is 12.4. The second-order valence-corrected chi connectivity index (χ2v) is 7.56. The molecule has 1 nitrogen and oxygen atoms in total. The first-order valence-electron chi connectivity index (χ1n) is 7.67. The summed E-state index contributed by atoms with van der Waals surface area (Å²) in [4.78, 5) is 0. The van der Waals surface area contributed by atoms with Crippen molar-refractivity contribution in [2.45, 2.75) is 66.3 Å². The van der Waals surface area contributed by atoms with Gasteiger partial charge < -0.3 is 5.32 Å². The van der Waals surface area contributed by atoms with Gasteiger partial charge in [0, 0.05) is 6.04 Å². The van der Waals surface area contributed by atoms with Gasteiger partial charge in [0.2, 0.25) is 0 Å². The number of rotatable bonds is 4. The molecule has 0 heterocycles. The van der Waals surface area contributed by atoms with E-state index in [9.17, 15) is 0 Å². The van der Waals surface area contributed by atoms with Crippen LogP contribution < -0.4 is 5.32 Å². The predicted molar refractivity (Wildman–Crippen MR) is 75.0 cm³/mol. The second kappa shape index (κ2) is 4.91. The molecule has 2 rings (SSSR count). The van der Waals surface area contributed by atoms with Crippen LogP contribution in [0.1, 0.15) is 60.3 Å². The lowest BCUT2D eigenvalue weighted by Gasteiger charge is -2.37. The van der Waals surface area contributed by atoms with Gasteiger partial charge in [0.05, 0.1) is 0 Å². The molecule has 4 atom stereocenters. The van der Waals surface area contributed by atoms with Crippen molar-refractivity contribution in [2.24, 2.45) is 29.1 Å². The molecule has 1 heteroatoms. The summed E-state index contributed by atoms with van der Waals surface area (Å²) in [7, 11) is 0. The van der Waals surface area contributed by atoms with E-state index in [-0.39, 0.29) is 0 Å². The Morgan fingerprint density at radius 1 is 1.12 bits per heavy atom. The van der Waals surface area contributed by atoms with Crippen molar-refractivity contribution in [3.8, 4) is 0 Å². The van der Waals surface area contributed by atoms with Gasteiger partial charge in [-0.2, -0.15) is 0 Å². The third kappa shape index (κ3) is 3.05. The van der Waals surface area contributed by atoms with E-state index in [0.717, 1.165) is 36.3 Å². The zero-order valence-corrected chi connectivity index (χ0v) is 12.4. The first-order chi connectivity index (χ1) is 7.94. The highest BCUT2D eigenvalue weighted by Crippen LogP contribution is 2.56. The summed E-state index contributed by atoms with van der Waals surface area (Å²) in [5, 5.41) is 3.81. The fourth-order valence-electron chi connectivity index (χ4n) is 4.30. The lowest BCUT2D eigenvalue weighted by atomic mass is 9.72. The maximum atomic E-state index is 3.81. The molecule has 0 aromatic rings. The van der Waals surface area contributed by atoms with Gasteiger partial charge in [0.1, 0.15) is 0 Å². The van der Waals surface area contributed by atoms with Crippen molar-refractivity contribution in [1.29, 1.82) is 0 Å². The molecule has 2 aliphatic carbocycles. The highest BCUT2D eigenvalue weighted by atomic mass is 14.9. The van der Waals surface area contributed by atoms with Crippen LogP contribution >= 0.6 is 0 Å². The molecule has 100 valence electrons. The molecule has 0 aliphatic heterocycles. The van der Waals surface area contributed by atoms with Crippen molar-refractivity contribution in [3.63, 3.8) is 0 Å². The zero-order chi connectivity index (χ0) is 12.6. The lowest BCUT2D eigenvalue weighted by Crippen LogP contribution is -2.42. The van der Waals surface area contributed by atoms with Crippen LogP contribution in [0, 0.1) is 29.1 Å². The Balaban J connectivity index is 2.00. The van der Waals surface area contributed by atoms with Crippen LogP contribution in [0.2, 0.25) is 0 Å². The van der Waals surface area contributed by atoms with Gasteiger partial charge in [0.15, 0.2) is 0 Å². The molecule has 2 saturated carbocycles. The molecule has 1 N–H and O–H groups in total. The van der Waals surface area contributed by atoms with E-state index in [0.29, 0.717) is 5.41 Å². The first kappa shape index (κ1) is 13.4. The largest absolute Gasteiger partial charge is 0.314 e. The third-order valence-electron chi connectivity index (χ3n) is 5.19. The second-order valence-electron chi connectivity index (χ2n) is 7.56. The van der Waals surface area contributed by atoms with Crippen LogP contribution in [0.5, 0.6) is 0 Å². The van der Waals surface area contributed by atoms with Crippen LogP contribution in [0.4, 0.5) is 0 Å². The van der Waals surface area contributed by atoms with Gasteiger partial charge in [-0.3, -0.25) is 0 Å². The minimum absolute atomic E-state index is 0.608. The maximum absolute atomic E-state index is 3.81. The minimum Gasteiger partial charge on any atom is -0.314 e. The predicted octanol–water partition coefficient (Wildman–Crippen LogP) is 4.08. The minimum atomic E-state index is 0.608. The summed E-state index contributed by atoms with van der Waals surface area (Å²) in [6, 6.07) is 0.792. The van der Waals surface area contributed by atoms with Gasteiger partial charge in [-0.15, -0.1) is 0 Å². The van der Waals surface area contributed by atoms with Gasteiger partial charge in [-0.25, -0.2) is 0 Å². The molecule has 4 unspecified atom stereocenters. The average Bonchev–Trinajstić information content (AvgIpc) is 2.82. The summed E-state index contributed by atoms with van der Waals surface area (Å²) in [5.41, 5.74) is 0.608. The number of nitrogens with one attached hydrogen (secondary N) is 1. The molecule has 0 radical (unpaired) electrons. The third-order valence-corrected chi connectivity index (χ3v) is 5.19. The summed E-state index contributed by atoms with van der Waals surface area (Å²) in [6.45, 7) is 13.2. The van der Waals surface area contributed by atoms with E-state index < -0.39 is 0 Å². The van der Waals surface area contributed by atoms with Crippen LogP contribution in [0.25, 0.3) is 0 Å². The SMILES string of the molecule is CCNC(C1CC(C)CC(C)C1)C1CC1(C)C. The Labute approximate surface area is 108 Å². The van der Waals surface area contributed by atoms with Crippen LogP contribution in [0.15, 0.2) is 0 Å². The van der Waals surface area contributed by atoms with E-state index in [4.69, 9.17) is 0 Å². The fraction of sp³-hybridized carbons (Fsp3) is 1.00. The topological polar surface area (TPSA) is 12.0 Å². The van der Waals surface area contributed by atoms with Gasteiger partial charge in [-0.05, 0) is 61.3 Å². The number of hydrogen-bond donors (Lipinski definition) is 1. The molecular formula is C16H31N. The lowest BCUT2D eigenvalue weighted by molar-refractivity contribution is 0.159. The Morgan fingerprint density at radius 3 is 2.06 bits per heavy atom. The molecule has 17 heavy (non-hydrogen) atoms. The molecule has 0 saturated heterocycles. The molecule has 2 aliphatic rings. The Hall–Kier alpha value is -0.0400. The highest BCUT2D eigenvalue weighted by Gasteiger charge is 2.52. The molecule has 0 amide bonds. The summed E-state index contributed by atoms with van der Waals surface area (Å²) < 4.78 is 0. The van der Waals surface area contributed by atoms with Gasteiger partial charge in [0.25, 0.3) is 0 Å². The Kier molecular flexibility index (Phi) is 3.87. The van der Waals surface area contributed by atoms with Crippen molar-refractivity contribution in [1.82, 2.24) is 5.32 Å². The molecule has 2 fully saturated rings. The van der Waals surface area contributed by atoms with Gasteiger partial charge >= 0.3 is 0 Å². The van der Waals surface area contributed by atoms with E-state index in [1.54, 1.807) is 0 Å². The smallest absolute Gasteiger partial charge is 0.0129 e. The normalized spacial score (nSPS) is 42.2. The highest BCUT2D eigenvalue weighted by molar-refractivity contribution is 5.04. The van der Waals surface area contributed by atoms with Crippen molar-refractivity contribution < 1.29 is 0 Å². The van der Waals surface area contributed by atoms with Crippen molar-refractivity contribution in [3.05, 3.63) is 0 Å². The van der Waals surface area contributed by atoms with E-state index >= 15 is 0 Å². The Morgan fingerprint density at radius 2 is 1.65 bits per heavy atom. The first-order valence-corrected chi connectivity index (χ1v) is 7.67. The number of hydrogen-bond acceptors (Lipinski definition) is 1. The molecule has 0 aromatic heterocycles. The van der Waals surface area contributed by atoms with Crippen molar-refractivity contribution in [2.75, 3.05) is 6.54 Å². The molecule has 0 spiro atoms. The van der Waals surface area contributed by atoms with Crippen LogP contribution in [-0.4, -0.2) is 12.6 Å². The summed E-state index contributed by atoms with van der Waals surface area (Å²) in [6.07, 6.45) is 5.79. The van der Waals surface area contributed by atoms with Crippen molar-refractivity contribution >= 4 is 0 Å². The average molecular weight is 237 g/mol. The summed E-state index contributed by atoms with van der Waals surface area (Å²) >= 11 is 0. The van der Waals surface area contributed by atoms with E-state index in [1.807, 2.05) is 0 Å². The quantitative estimate of drug-likeness (QED) is 0.777. The van der Waals surface area contributed by atoms with E-state index in [2.05, 4.69) is 39.9 Å². The molecule has 0 aromatic carbocycles. The Bertz CT molecular complexity index is 248. The maximum Gasteiger partial charge on any atom is 0.0129 e. The van der Waals surface area contributed by atoms with Crippen LogP contribution in [0.3, 0.4) is 0 Å². The van der Waals surface area contributed by atoms with Gasteiger partial charge in [-0.1, -0.05) is 34.6 Å². The monoisotopic (exact) mass is 237 g/mol. The van der Waals surface area contributed by atoms with E-state index in [1.165, 1.54) is 25.7 Å². The standard InChI is InChI=1S/C16H31N/c1-6-17-15(14-10-16(14,4)5)13-8-11(2)7-12(3)9-13/h11-15,17H,6-10H2,1-5H3. The molecule has 0 bridgehead atoms. The van der Waals surface area contributed by atoms with Crippen LogP contribution in [-0.2, 0) is 0 Å². The molecular weight excluding hydrogens is 206 g/mol. The fourth-order valence-corrected chi connectivity index (χ4v) is 4.30.